The standard InChI is InChI=1S/C17H18N4/c1-14-4-2-3-5-16(14)20-8-10-21(11-9-20)17-13-19-7-6-15(17)12-18/h2-7,13H,8-11H2,1H3. The molecule has 2 heterocycles. The predicted molar refractivity (Wildman–Crippen MR) is 84.6 cm³/mol. The molecular weight excluding hydrogens is 260 g/mol. The number of para-hydroxylation sites is 1. The van der Waals surface area contributed by atoms with Crippen molar-refractivity contribution in [1.29, 1.82) is 5.26 Å². The fourth-order valence-corrected chi connectivity index (χ4v) is 2.84. The van der Waals surface area contributed by atoms with Gasteiger partial charge in [-0.15, -0.1) is 0 Å². The van der Waals surface area contributed by atoms with Crippen LogP contribution in [0.15, 0.2) is 42.7 Å². The Balaban J connectivity index is 1.74. The molecule has 1 saturated heterocycles. The Morgan fingerprint density at radius 2 is 1.67 bits per heavy atom. The van der Waals surface area contributed by atoms with E-state index in [1.165, 1.54) is 11.3 Å². The minimum Gasteiger partial charge on any atom is -0.368 e. The monoisotopic (exact) mass is 278 g/mol. The Kier molecular flexibility index (Phi) is 3.74. The molecule has 2 aromatic rings. The topological polar surface area (TPSA) is 43.2 Å². The molecule has 0 saturated carbocycles. The van der Waals surface area contributed by atoms with E-state index < -0.39 is 0 Å². The molecule has 1 aromatic heterocycles. The molecule has 106 valence electrons. The van der Waals surface area contributed by atoms with Crippen LogP contribution in [0.25, 0.3) is 0 Å². The molecule has 1 aromatic carbocycles. The van der Waals surface area contributed by atoms with Gasteiger partial charge in [0.2, 0.25) is 0 Å². The number of piperazine rings is 1. The molecule has 1 aliphatic heterocycles. The van der Waals surface area contributed by atoms with Gasteiger partial charge < -0.3 is 9.80 Å². The Bertz CT molecular complexity index is 666. The number of nitrogens with zero attached hydrogens (tertiary/aromatic N) is 4. The molecule has 0 N–H and O–H groups in total. The van der Waals surface area contributed by atoms with Crippen LogP contribution in [0.5, 0.6) is 0 Å². The molecule has 0 unspecified atom stereocenters. The van der Waals surface area contributed by atoms with Gasteiger partial charge in [0, 0.05) is 38.1 Å². The van der Waals surface area contributed by atoms with Crippen LogP contribution in [-0.4, -0.2) is 31.2 Å². The van der Waals surface area contributed by atoms with Crippen LogP contribution >= 0.6 is 0 Å². The Morgan fingerprint density at radius 1 is 1.00 bits per heavy atom. The van der Waals surface area contributed by atoms with Crippen molar-refractivity contribution in [2.45, 2.75) is 6.92 Å². The zero-order valence-electron chi connectivity index (χ0n) is 12.2. The molecule has 4 nitrogen and oxygen atoms in total. The second-order valence-electron chi connectivity index (χ2n) is 5.27. The quantitative estimate of drug-likeness (QED) is 0.847. The van der Waals surface area contributed by atoms with Crippen LogP contribution in [0.2, 0.25) is 0 Å². The van der Waals surface area contributed by atoms with Gasteiger partial charge in [-0.3, -0.25) is 4.98 Å². The Hall–Kier alpha value is -2.54. The van der Waals surface area contributed by atoms with Crippen molar-refractivity contribution in [3.63, 3.8) is 0 Å². The molecule has 0 spiro atoms. The molecule has 0 radical (unpaired) electrons. The number of hydrogen-bond acceptors (Lipinski definition) is 4. The molecular formula is C17H18N4. The molecule has 0 amide bonds. The highest BCUT2D eigenvalue weighted by molar-refractivity contribution is 5.60. The number of pyridine rings is 1. The van der Waals surface area contributed by atoms with Crippen LogP contribution in [0, 0.1) is 18.3 Å². The molecule has 0 bridgehead atoms. The van der Waals surface area contributed by atoms with E-state index in [2.05, 4.69) is 52.0 Å². The molecule has 0 aliphatic carbocycles. The first-order valence-electron chi connectivity index (χ1n) is 7.19. The van der Waals surface area contributed by atoms with Gasteiger partial charge >= 0.3 is 0 Å². The summed E-state index contributed by atoms with van der Waals surface area (Å²) in [5, 5.41) is 9.20. The number of rotatable bonds is 2. The lowest BCUT2D eigenvalue weighted by Gasteiger charge is -2.38. The largest absolute Gasteiger partial charge is 0.368 e. The third-order valence-corrected chi connectivity index (χ3v) is 4.00. The summed E-state index contributed by atoms with van der Waals surface area (Å²) in [5.41, 5.74) is 4.27. The van der Waals surface area contributed by atoms with Crippen molar-refractivity contribution in [2.24, 2.45) is 0 Å². The molecule has 1 fully saturated rings. The third-order valence-electron chi connectivity index (χ3n) is 4.00. The van der Waals surface area contributed by atoms with Crippen LogP contribution in [-0.2, 0) is 0 Å². The normalized spacial score (nSPS) is 14.9. The van der Waals surface area contributed by atoms with Gasteiger partial charge in [0.25, 0.3) is 0 Å². The third kappa shape index (κ3) is 2.68. The van der Waals surface area contributed by atoms with E-state index in [0.717, 1.165) is 31.9 Å². The Labute approximate surface area is 125 Å². The maximum Gasteiger partial charge on any atom is 0.101 e. The lowest BCUT2D eigenvalue weighted by atomic mass is 10.1. The van der Waals surface area contributed by atoms with Crippen molar-refractivity contribution >= 4 is 11.4 Å². The fourth-order valence-electron chi connectivity index (χ4n) is 2.84. The molecule has 4 heteroatoms. The molecule has 1 aliphatic rings. The van der Waals surface area contributed by atoms with Crippen molar-refractivity contribution in [1.82, 2.24) is 4.98 Å². The van der Waals surface area contributed by atoms with Crippen molar-refractivity contribution < 1.29 is 0 Å². The highest BCUT2D eigenvalue weighted by atomic mass is 15.3. The number of aryl methyl sites for hydroxylation is 1. The lowest BCUT2D eigenvalue weighted by molar-refractivity contribution is 0.651. The van der Waals surface area contributed by atoms with Gasteiger partial charge in [-0.25, -0.2) is 0 Å². The average Bonchev–Trinajstić information content (AvgIpc) is 2.55. The number of anilines is 2. The van der Waals surface area contributed by atoms with Gasteiger partial charge in [0.15, 0.2) is 0 Å². The highest BCUT2D eigenvalue weighted by Crippen LogP contribution is 2.24. The highest BCUT2D eigenvalue weighted by Gasteiger charge is 2.20. The van der Waals surface area contributed by atoms with E-state index in [4.69, 9.17) is 0 Å². The predicted octanol–water partition coefficient (Wildman–Crippen LogP) is 2.59. The first-order valence-corrected chi connectivity index (χ1v) is 7.19. The van der Waals surface area contributed by atoms with Gasteiger partial charge in [-0.2, -0.15) is 5.26 Å². The van der Waals surface area contributed by atoms with E-state index in [0.29, 0.717) is 5.56 Å². The van der Waals surface area contributed by atoms with Crippen molar-refractivity contribution in [3.05, 3.63) is 53.9 Å². The van der Waals surface area contributed by atoms with Crippen LogP contribution in [0.1, 0.15) is 11.1 Å². The molecule has 21 heavy (non-hydrogen) atoms. The van der Waals surface area contributed by atoms with Gasteiger partial charge in [-0.1, -0.05) is 18.2 Å². The summed E-state index contributed by atoms with van der Waals surface area (Å²) >= 11 is 0. The summed E-state index contributed by atoms with van der Waals surface area (Å²) in [6.45, 7) is 5.90. The zero-order chi connectivity index (χ0) is 14.7. The van der Waals surface area contributed by atoms with E-state index in [1.807, 2.05) is 0 Å². The molecule has 0 atom stereocenters. The second-order valence-corrected chi connectivity index (χ2v) is 5.27. The second kappa shape index (κ2) is 5.84. The maximum atomic E-state index is 9.20. The van der Waals surface area contributed by atoms with Crippen LogP contribution in [0.4, 0.5) is 11.4 Å². The summed E-state index contributed by atoms with van der Waals surface area (Å²) < 4.78 is 0. The molecule has 3 rings (SSSR count). The zero-order valence-corrected chi connectivity index (χ0v) is 12.2. The number of aromatic nitrogens is 1. The minimum absolute atomic E-state index is 0.703. The van der Waals surface area contributed by atoms with Gasteiger partial charge in [0.1, 0.15) is 6.07 Å². The summed E-state index contributed by atoms with van der Waals surface area (Å²) in [7, 11) is 0. The Morgan fingerprint density at radius 3 is 2.33 bits per heavy atom. The van der Waals surface area contributed by atoms with Crippen LogP contribution < -0.4 is 9.80 Å². The van der Waals surface area contributed by atoms with Gasteiger partial charge in [-0.05, 0) is 24.6 Å². The maximum absolute atomic E-state index is 9.20. The summed E-state index contributed by atoms with van der Waals surface area (Å²) in [5.74, 6) is 0. The summed E-state index contributed by atoms with van der Waals surface area (Å²) in [6.07, 6.45) is 3.47. The SMILES string of the molecule is Cc1ccccc1N1CCN(c2cnccc2C#N)CC1. The van der Waals surface area contributed by atoms with Crippen molar-refractivity contribution in [3.8, 4) is 6.07 Å². The van der Waals surface area contributed by atoms with E-state index in [1.54, 1.807) is 18.5 Å². The number of nitriles is 1. The van der Waals surface area contributed by atoms with Crippen molar-refractivity contribution in [2.75, 3.05) is 36.0 Å². The van der Waals surface area contributed by atoms with E-state index >= 15 is 0 Å². The lowest BCUT2D eigenvalue weighted by Crippen LogP contribution is -2.47. The summed E-state index contributed by atoms with van der Waals surface area (Å²) in [6, 6.07) is 12.5. The van der Waals surface area contributed by atoms with E-state index in [9.17, 15) is 5.26 Å². The average molecular weight is 278 g/mol. The summed E-state index contributed by atoms with van der Waals surface area (Å²) in [4.78, 5) is 8.81. The van der Waals surface area contributed by atoms with Crippen LogP contribution in [0.3, 0.4) is 0 Å². The first-order chi connectivity index (χ1) is 10.3. The van der Waals surface area contributed by atoms with Gasteiger partial charge in [0.05, 0.1) is 17.4 Å². The fraction of sp³-hybridized carbons (Fsp3) is 0.294. The smallest absolute Gasteiger partial charge is 0.101 e. The number of hydrogen-bond donors (Lipinski definition) is 0. The minimum atomic E-state index is 0.703. The van der Waals surface area contributed by atoms with E-state index in [-0.39, 0.29) is 0 Å². The first kappa shape index (κ1) is 13.4. The number of benzene rings is 1.